The molecule has 158 valence electrons. The van der Waals surface area contributed by atoms with Gasteiger partial charge < -0.3 is 5.32 Å². The number of nitrogens with zero attached hydrogens (tertiary/aromatic N) is 3. The first-order valence-corrected chi connectivity index (χ1v) is 10.9. The van der Waals surface area contributed by atoms with Crippen LogP contribution in [-0.2, 0) is 16.6 Å². The topological polar surface area (TPSA) is 84.3 Å². The van der Waals surface area contributed by atoms with Crippen molar-refractivity contribution in [2.75, 3.05) is 17.9 Å². The molecule has 10 heteroatoms. The van der Waals surface area contributed by atoms with Gasteiger partial charge in [0.1, 0.15) is 5.82 Å². The second-order valence-corrected chi connectivity index (χ2v) is 8.85. The molecule has 0 unspecified atom stereocenters. The van der Waals surface area contributed by atoms with Gasteiger partial charge in [0.2, 0.25) is 0 Å². The molecule has 0 atom stereocenters. The summed E-state index contributed by atoms with van der Waals surface area (Å²) in [6, 6.07) is 10.8. The molecule has 3 aromatic rings. The number of aromatic nitrogens is 2. The van der Waals surface area contributed by atoms with Gasteiger partial charge in [-0.25, -0.2) is 12.8 Å². The summed E-state index contributed by atoms with van der Waals surface area (Å²) in [5.74, 6) is -0.940. The summed E-state index contributed by atoms with van der Waals surface area (Å²) < 4.78 is 41.8. The van der Waals surface area contributed by atoms with E-state index in [9.17, 15) is 17.6 Å². The van der Waals surface area contributed by atoms with Gasteiger partial charge in [0.15, 0.2) is 0 Å². The summed E-state index contributed by atoms with van der Waals surface area (Å²) in [4.78, 5) is 12.4. The molecule has 0 radical (unpaired) electrons. The monoisotopic (exact) mass is 450 g/mol. The van der Waals surface area contributed by atoms with E-state index >= 15 is 0 Å². The van der Waals surface area contributed by atoms with Crippen molar-refractivity contribution in [2.24, 2.45) is 0 Å². The molecule has 0 bridgehead atoms. The van der Waals surface area contributed by atoms with Crippen LogP contribution in [0.3, 0.4) is 0 Å². The number of halogens is 2. The minimum atomic E-state index is -3.97. The number of carbonyl (C=O) groups excluding carboxylic acids is 1. The van der Waals surface area contributed by atoms with Crippen LogP contribution in [0.4, 0.5) is 10.1 Å². The molecule has 0 saturated carbocycles. The van der Waals surface area contributed by atoms with Crippen molar-refractivity contribution >= 4 is 33.2 Å². The van der Waals surface area contributed by atoms with Gasteiger partial charge in [-0.2, -0.15) is 5.10 Å². The summed E-state index contributed by atoms with van der Waals surface area (Å²) in [7, 11) is -2.62. The number of aryl methyl sites for hydroxylation is 1. The molecule has 7 nitrogen and oxygen atoms in total. The lowest BCUT2D eigenvalue weighted by molar-refractivity contribution is 0.0952. The van der Waals surface area contributed by atoms with E-state index in [4.69, 9.17) is 11.6 Å². The quantitative estimate of drug-likeness (QED) is 0.533. The Kier molecular flexibility index (Phi) is 6.73. The van der Waals surface area contributed by atoms with Crippen LogP contribution in [0.15, 0.2) is 65.8 Å². The number of sulfonamides is 1. The van der Waals surface area contributed by atoms with Gasteiger partial charge in [0.05, 0.1) is 21.2 Å². The SMILES string of the molecule is CN(c1ccc(F)cc1)S(=O)(=O)c1ccc(Cl)c(C(=O)NCCCn2cccn2)c1. The van der Waals surface area contributed by atoms with E-state index in [1.807, 2.05) is 12.3 Å². The number of hydrogen-bond donors (Lipinski definition) is 1. The van der Waals surface area contributed by atoms with Gasteiger partial charge in [-0.15, -0.1) is 0 Å². The normalized spacial score (nSPS) is 11.3. The average Bonchev–Trinajstić information content (AvgIpc) is 3.25. The van der Waals surface area contributed by atoms with Crippen molar-refractivity contribution in [1.82, 2.24) is 15.1 Å². The Morgan fingerprint density at radius 2 is 1.97 bits per heavy atom. The first-order chi connectivity index (χ1) is 14.3. The van der Waals surface area contributed by atoms with Crippen LogP contribution >= 0.6 is 11.6 Å². The average molecular weight is 451 g/mol. The van der Waals surface area contributed by atoms with Crippen LogP contribution in [0.1, 0.15) is 16.8 Å². The number of nitrogens with one attached hydrogen (secondary N) is 1. The van der Waals surface area contributed by atoms with E-state index < -0.39 is 21.7 Å². The Balaban J connectivity index is 1.73. The zero-order valence-corrected chi connectivity index (χ0v) is 17.7. The van der Waals surface area contributed by atoms with Gasteiger partial charge >= 0.3 is 0 Å². The lowest BCUT2D eigenvalue weighted by Gasteiger charge is -2.20. The largest absolute Gasteiger partial charge is 0.352 e. The minimum absolute atomic E-state index is 0.0596. The molecule has 2 aromatic carbocycles. The third-order valence-electron chi connectivity index (χ3n) is 4.44. The Morgan fingerprint density at radius 1 is 1.23 bits per heavy atom. The Hall–Kier alpha value is -2.91. The lowest BCUT2D eigenvalue weighted by Crippen LogP contribution is -2.28. The third kappa shape index (κ3) is 4.98. The molecule has 0 aliphatic heterocycles. The van der Waals surface area contributed by atoms with Gasteiger partial charge in [-0.3, -0.25) is 13.8 Å². The van der Waals surface area contributed by atoms with Crippen LogP contribution < -0.4 is 9.62 Å². The van der Waals surface area contributed by atoms with Crippen LogP contribution in [0.2, 0.25) is 5.02 Å². The molecule has 1 N–H and O–H groups in total. The van der Waals surface area contributed by atoms with Crippen molar-refractivity contribution in [3.8, 4) is 0 Å². The number of rotatable bonds is 8. The van der Waals surface area contributed by atoms with E-state index in [-0.39, 0.29) is 21.2 Å². The van der Waals surface area contributed by atoms with Gasteiger partial charge in [0, 0.05) is 32.5 Å². The highest BCUT2D eigenvalue weighted by Crippen LogP contribution is 2.26. The van der Waals surface area contributed by atoms with Crippen LogP contribution in [0.25, 0.3) is 0 Å². The molecule has 1 amide bonds. The smallest absolute Gasteiger partial charge is 0.264 e. The summed E-state index contributed by atoms with van der Waals surface area (Å²) in [6.45, 7) is 1.01. The molecule has 30 heavy (non-hydrogen) atoms. The zero-order valence-electron chi connectivity index (χ0n) is 16.1. The van der Waals surface area contributed by atoms with Crippen molar-refractivity contribution in [2.45, 2.75) is 17.9 Å². The minimum Gasteiger partial charge on any atom is -0.352 e. The highest BCUT2D eigenvalue weighted by molar-refractivity contribution is 7.92. The lowest BCUT2D eigenvalue weighted by atomic mass is 10.2. The Morgan fingerprint density at radius 3 is 2.63 bits per heavy atom. The van der Waals surface area contributed by atoms with E-state index in [2.05, 4.69) is 10.4 Å². The predicted molar refractivity (Wildman–Crippen MR) is 113 cm³/mol. The summed E-state index contributed by atoms with van der Waals surface area (Å²) in [5.41, 5.74) is 0.348. The van der Waals surface area contributed by atoms with Gasteiger partial charge in [-0.05, 0) is 55.0 Å². The molecule has 0 fully saturated rings. The fraction of sp³-hybridized carbons (Fsp3) is 0.200. The second-order valence-electron chi connectivity index (χ2n) is 6.47. The molecule has 0 saturated heterocycles. The van der Waals surface area contributed by atoms with Gasteiger partial charge in [0.25, 0.3) is 15.9 Å². The first-order valence-electron chi connectivity index (χ1n) is 9.09. The molecule has 1 heterocycles. The number of anilines is 1. The standard InChI is InChI=1S/C20H20ClFN4O3S/c1-25(16-6-4-15(22)5-7-16)30(28,29)17-8-9-19(21)18(14-17)20(27)23-10-2-12-26-13-3-11-24-26/h3-9,11,13-14H,2,10,12H2,1H3,(H,23,27). The fourth-order valence-corrected chi connectivity index (χ4v) is 4.18. The number of benzene rings is 2. The fourth-order valence-electron chi connectivity index (χ4n) is 2.76. The molecule has 1 aromatic heterocycles. The van der Waals surface area contributed by atoms with Gasteiger partial charge in [-0.1, -0.05) is 11.6 Å². The predicted octanol–water partition coefficient (Wildman–Crippen LogP) is 3.32. The first kappa shape index (κ1) is 21.8. The zero-order chi connectivity index (χ0) is 21.7. The highest BCUT2D eigenvalue weighted by Gasteiger charge is 2.23. The van der Waals surface area contributed by atoms with E-state index in [1.54, 1.807) is 10.9 Å². The Labute approximate surface area is 179 Å². The molecule has 0 spiro atoms. The van der Waals surface area contributed by atoms with Crippen molar-refractivity contribution < 1.29 is 17.6 Å². The summed E-state index contributed by atoms with van der Waals surface area (Å²) >= 11 is 6.12. The summed E-state index contributed by atoms with van der Waals surface area (Å²) in [5, 5.41) is 6.96. The maximum atomic E-state index is 13.1. The molecule has 3 rings (SSSR count). The maximum Gasteiger partial charge on any atom is 0.264 e. The number of carbonyl (C=O) groups is 1. The van der Waals surface area contributed by atoms with Crippen molar-refractivity contribution in [3.05, 3.63) is 77.3 Å². The summed E-state index contributed by atoms with van der Waals surface area (Å²) in [6.07, 6.45) is 4.15. The Bertz CT molecular complexity index is 1120. The van der Waals surface area contributed by atoms with E-state index in [1.165, 1.54) is 49.5 Å². The van der Waals surface area contributed by atoms with E-state index in [0.717, 1.165) is 4.31 Å². The molecular weight excluding hydrogens is 431 g/mol. The maximum absolute atomic E-state index is 13.1. The van der Waals surface area contributed by atoms with E-state index in [0.29, 0.717) is 19.5 Å². The number of hydrogen-bond acceptors (Lipinski definition) is 4. The van der Waals surface area contributed by atoms with Crippen LogP contribution in [0, 0.1) is 5.82 Å². The van der Waals surface area contributed by atoms with Crippen molar-refractivity contribution in [1.29, 1.82) is 0 Å². The molecule has 0 aliphatic carbocycles. The molecular formula is C20H20ClFN4O3S. The van der Waals surface area contributed by atoms with Crippen LogP contribution in [0.5, 0.6) is 0 Å². The molecule has 0 aliphatic rings. The third-order valence-corrected chi connectivity index (χ3v) is 6.55. The number of amides is 1. The van der Waals surface area contributed by atoms with Crippen LogP contribution in [-0.4, -0.2) is 37.7 Å². The van der Waals surface area contributed by atoms with Crippen molar-refractivity contribution in [3.63, 3.8) is 0 Å². The second kappa shape index (κ2) is 9.27. The highest BCUT2D eigenvalue weighted by atomic mass is 35.5.